The van der Waals surface area contributed by atoms with Crippen molar-refractivity contribution in [3.8, 4) is 0 Å². The van der Waals surface area contributed by atoms with Gasteiger partial charge < -0.3 is 4.84 Å². The Kier molecular flexibility index (Phi) is 3.09. The van der Waals surface area contributed by atoms with Crippen LogP contribution >= 0.6 is 0 Å². The number of nitrogens with zero attached hydrogens (tertiary/aromatic N) is 1. The summed E-state index contributed by atoms with van der Waals surface area (Å²) in [7, 11) is 0. The van der Waals surface area contributed by atoms with Gasteiger partial charge in [-0.2, -0.15) is 5.90 Å². The highest BCUT2D eigenvalue weighted by atomic mass is 16.6. The van der Waals surface area contributed by atoms with E-state index in [0.29, 0.717) is 0 Å². The maximum Gasteiger partial charge on any atom is 0.200 e. The Balaban J connectivity index is 3.98. The van der Waals surface area contributed by atoms with E-state index in [-0.39, 0.29) is 5.41 Å². The van der Waals surface area contributed by atoms with Crippen LogP contribution in [0, 0.1) is 5.41 Å². The summed E-state index contributed by atoms with van der Waals surface area (Å²) in [6, 6.07) is 0. The maximum atomic E-state index is 4.73. The van der Waals surface area contributed by atoms with Gasteiger partial charge in [0.15, 0.2) is 0 Å². The number of nitrogens with two attached hydrogens (primary N) is 1. The zero-order chi connectivity index (χ0) is 8.20. The number of allylic oxidation sites excluding steroid dienone is 1. The summed E-state index contributed by atoms with van der Waals surface area (Å²) in [5.41, 5.74) is 0.729. The second kappa shape index (κ2) is 3.37. The molecule has 0 aromatic heterocycles. The third-order valence-electron chi connectivity index (χ3n) is 1.14. The van der Waals surface area contributed by atoms with Crippen LogP contribution in [0.1, 0.15) is 20.8 Å². The van der Waals surface area contributed by atoms with Gasteiger partial charge in [-0.1, -0.05) is 27.4 Å². The first-order valence-electron chi connectivity index (χ1n) is 3.06. The van der Waals surface area contributed by atoms with Crippen LogP contribution in [0.4, 0.5) is 0 Å². The first-order chi connectivity index (χ1) is 4.48. The van der Waals surface area contributed by atoms with Crippen LogP contribution in [0.5, 0.6) is 0 Å². The molecule has 0 saturated carbocycles. The van der Waals surface area contributed by atoms with Crippen molar-refractivity contribution >= 4 is 6.40 Å². The Hall–Kier alpha value is -0.830. The van der Waals surface area contributed by atoms with Gasteiger partial charge in [0, 0.05) is 11.1 Å². The molecule has 0 aromatic carbocycles. The Bertz CT molecular complexity index is 144. The zero-order valence-electron chi connectivity index (χ0n) is 6.72. The van der Waals surface area contributed by atoms with Crippen molar-refractivity contribution in [3.63, 3.8) is 0 Å². The summed E-state index contributed by atoms with van der Waals surface area (Å²) in [4.78, 5) is 8.00. The van der Waals surface area contributed by atoms with E-state index in [1.54, 1.807) is 0 Å². The summed E-state index contributed by atoms with van der Waals surface area (Å²) in [6.45, 7) is 9.78. The molecule has 0 unspecified atom stereocenters. The monoisotopic (exact) mass is 142 g/mol. The Morgan fingerprint density at radius 2 is 2.10 bits per heavy atom. The van der Waals surface area contributed by atoms with Gasteiger partial charge in [0.1, 0.15) is 0 Å². The molecule has 0 heterocycles. The molecule has 10 heavy (non-hydrogen) atoms. The van der Waals surface area contributed by atoms with Gasteiger partial charge in [-0.25, -0.2) is 4.99 Å². The molecule has 58 valence electrons. The van der Waals surface area contributed by atoms with E-state index in [1.807, 2.05) is 20.8 Å². The molecule has 3 heteroatoms. The van der Waals surface area contributed by atoms with Crippen LogP contribution < -0.4 is 5.90 Å². The first kappa shape index (κ1) is 9.17. The highest BCUT2D eigenvalue weighted by molar-refractivity contribution is 5.48. The molecule has 0 aliphatic carbocycles. The molecule has 2 N–H and O–H groups in total. The molecular formula is C7H14N2O. The van der Waals surface area contributed by atoms with Crippen molar-refractivity contribution in [2.75, 3.05) is 0 Å². The largest absolute Gasteiger partial charge is 0.399 e. The van der Waals surface area contributed by atoms with Gasteiger partial charge in [-0.15, -0.1) is 0 Å². The lowest BCUT2D eigenvalue weighted by Gasteiger charge is -2.16. The van der Waals surface area contributed by atoms with E-state index in [1.165, 1.54) is 6.40 Å². The molecule has 0 rings (SSSR count). The minimum atomic E-state index is -0.0188. The molecule has 0 saturated heterocycles. The van der Waals surface area contributed by atoms with Crippen LogP contribution in [0.25, 0.3) is 0 Å². The normalized spacial score (nSPS) is 12.0. The van der Waals surface area contributed by atoms with Crippen LogP contribution in [0.3, 0.4) is 0 Å². The average Bonchev–Trinajstić information content (AvgIpc) is 1.80. The number of rotatable bonds is 2. The van der Waals surface area contributed by atoms with Gasteiger partial charge in [0.25, 0.3) is 0 Å². The fourth-order valence-corrected chi connectivity index (χ4v) is 0.288. The van der Waals surface area contributed by atoms with Crippen molar-refractivity contribution in [3.05, 3.63) is 12.3 Å². The van der Waals surface area contributed by atoms with Gasteiger partial charge in [0.05, 0.1) is 0 Å². The fourth-order valence-electron chi connectivity index (χ4n) is 0.288. The molecule has 0 radical (unpaired) electrons. The minimum Gasteiger partial charge on any atom is -0.399 e. The summed E-state index contributed by atoms with van der Waals surface area (Å²) >= 11 is 0. The van der Waals surface area contributed by atoms with Crippen molar-refractivity contribution < 1.29 is 4.84 Å². The number of aliphatic imine (C=N–C) groups is 1. The van der Waals surface area contributed by atoms with Crippen LogP contribution in [0.2, 0.25) is 0 Å². The van der Waals surface area contributed by atoms with E-state index in [4.69, 9.17) is 5.90 Å². The highest BCUT2D eigenvalue weighted by Gasteiger charge is 2.13. The van der Waals surface area contributed by atoms with Crippen molar-refractivity contribution in [2.24, 2.45) is 16.3 Å². The third kappa shape index (κ3) is 3.25. The van der Waals surface area contributed by atoms with Gasteiger partial charge in [0.2, 0.25) is 6.40 Å². The summed E-state index contributed by atoms with van der Waals surface area (Å²) in [5, 5.41) is 0. The van der Waals surface area contributed by atoms with Gasteiger partial charge in [-0.3, -0.25) is 0 Å². The molecule has 0 spiro atoms. The van der Waals surface area contributed by atoms with E-state index in [9.17, 15) is 0 Å². The quantitative estimate of drug-likeness (QED) is 0.360. The lowest BCUT2D eigenvalue weighted by Crippen LogP contribution is -2.07. The van der Waals surface area contributed by atoms with Crippen LogP contribution in [-0.2, 0) is 4.84 Å². The number of hydrogen-bond donors (Lipinski definition) is 1. The molecule has 0 atom stereocenters. The zero-order valence-corrected chi connectivity index (χ0v) is 6.72. The summed E-state index contributed by atoms with van der Waals surface area (Å²) in [5.74, 6) is 4.73. The van der Waals surface area contributed by atoms with Crippen molar-refractivity contribution in [2.45, 2.75) is 20.8 Å². The smallest absolute Gasteiger partial charge is 0.200 e. The first-order valence-corrected chi connectivity index (χ1v) is 3.06. The predicted molar refractivity (Wildman–Crippen MR) is 42.4 cm³/mol. The molecule has 3 nitrogen and oxygen atoms in total. The minimum absolute atomic E-state index is 0.0188. The van der Waals surface area contributed by atoms with Crippen molar-refractivity contribution in [1.29, 1.82) is 0 Å². The highest BCUT2D eigenvalue weighted by Crippen LogP contribution is 2.23. The van der Waals surface area contributed by atoms with Gasteiger partial charge in [-0.05, 0) is 0 Å². The summed E-state index contributed by atoms with van der Waals surface area (Å²) in [6.07, 6.45) is 1.17. The van der Waals surface area contributed by atoms with Crippen LogP contribution in [0.15, 0.2) is 17.3 Å². The second-order valence-corrected chi connectivity index (χ2v) is 3.07. The van der Waals surface area contributed by atoms with Crippen molar-refractivity contribution in [1.82, 2.24) is 0 Å². The molecule has 0 amide bonds. The van der Waals surface area contributed by atoms with E-state index in [0.717, 1.165) is 5.70 Å². The number of hydrogen-bond acceptors (Lipinski definition) is 3. The third-order valence-corrected chi connectivity index (χ3v) is 1.14. The SMILES string of the molecule is C=C(/N=C\ON)C(C)(C)C. The molecule has 0 aliphatic rings. The Labute approximate surface area is 61.5 Å². The lowest BCUT2D eigenvalue weighted by molar-refractivity contribution is 0.335. The molecule has 0 aromatic rings. The topological polar surface area (TPSA) is 47.6 Å². The Morgan fingerprint density at radius 3 is 2.40 bits per heavy atom. The van der Waals surface area contributed by atoms with E-state index in [2.05, 4.69) is 16.4 Å². The molecule has 0 bridgehead atoms. The van der Waals surface area contributed by atoms with Gasteiger partial charge >= 0.3 is 0 Å². The fraction of sp³-hybridized carbons (Fsp3) is 0.571. The predicted octanol–water partition coefficient (Wildman–Crippen LogP) is 1.46. The lowest BCUT2D eigenvalue weighted by atomic mass is 9.93. The van der Waals surface area contributed by atoms with Crippen LogP contribution in [-0.4, -0.2) is 6.40 Å². The molecule has 0 fully saturated rings. The van der Waals surface area contributed by atoms with E-state index >= 15 is 0 Å². The second-order valence-electron chi connectivity index (χ2n) is 3.07. The molecule has 0 aliphatic heterocycles. The molecular weight excluding hydrogens is 128 g/mol. The Morgan fingerprint density at radius 1 is 1.60 bits per heavy atom. The standard InChI is InChI=1S/C7H14N2O/c1-6(7(2,3)4)9-5-10-8/h5H,1,8H2,2-4H3/b9-5-. The van der Waals surface area contributed by atoms with E-state index < -0.39 is 0 Å². The summed E-state index contributed by atoms with van der Waals surface area (Å²) < 4.78 is 0. The maximum absolute atomic E-state index is 4.73. The average molecular weight is 142 g/mol.